The summed E-state index contributed by atoms with van der Waals surface area (Å²) in [4.78, 5) is 0. The molecule has 98 valence electrons. The summed E-state index contributed by atoms with van der Waals surface area (Å²) in [7, 11) is 3.41. The molecule has 0 aliphatic heterocycles. The van der Waals surface area contributed by atoms with Gasteiger partial charge in [-0.1, -0.05) is 27.7 Å². The van der Waals surface area contributed by atoms with Crippen LogP contribution in [0.15, 0.2) is 0 Å². The standard InChI is InChI=1S/C13H28O3/c1-11(2)7-8-16-13(9-14-5,10-15-6)12(3)4/h11-12H,7-10H2,1-6H3. The highest BCUT2D eigenvalue weighted by atomic mass is 16.6. The number of hydrogen-bond donors (Lipinski definition) is 0. The van der Waals surface area contributed by atoms with Crippen LogP contribution in [0.1, 0.15) is 34.1 Å². The van der Waals surface area contributed by atoms with Gasteiger partial charge < -0.3 is 14.2 Å². The van der Waals surface area contributed by atoms with Crippen molar-refractivity contribution < 1.29 is 14.2 Å². The Balaban J connectivity index is 4.36. The van der Waals surface area contributed by atoms with E-state index in [0.717, 1.165) is 13.0 Å². The van der Waals surface area contributed by atoms with E-state index >= 15 is 0 Å². The molecule has 0 aliphatic rings. The van der Waals surface area contributed by atoms with Gasteiger partial charge in [-0.05, 0) is 18.3 Å². The number of methoxy groups -OCH3 is 2. The molecule has 0 heterocycles. The van der Waals surface area contributed by atoms with E-state index in [9.17, 15) is 0 Å². The van der Waals surface area contributed by atoms with Crippen LogP contribution in [-0.4, -0.2) is 39.6 Å². The van der Waals surface area contributed by atoms with Crippen LogP contribution in [0, 0.1) is 11.8 Å². The van der Waals surface area contributed by atoms with Crippen LogP contribution in [0.25, 0.3) is 0 Å². The lowest BCUT2D eigenvalue weighted by molar-refractivity contribution is -0.150. The Morgan fingerprint density at radius 3 is 1.75 bits per heavy atom. The fraction of sp³-hybridized carbons (Fsp3) is 1.00. The van der Waals surface area contributed by atoms with Gasteiger partial charge in [-0.2, -0.15) is 0 Å². The molecule has 3 heteroatoms. The predicted molar refractivity (Wildman–Crippen MR) is 66.7 cm³/mol. The summed E-state index contributed by atoms with van der Waals surface area (Å²) in [6.45, 7) is 10.6. The highest BCUT2D eigenvalue weighted by Gasteiger charge is 2.35. The van der Waals surface area contributed by atoms with Gasteiger partial charge in [-0.3, -0.25) is 0 Å². The summed E-state index contributed by atoms with van der Waals surface area (Å²) < 4.78 is 16.6. The Labute approximate surface area is 100 Å². The smallest absolute Gasteiger partial charge is 0.117 e. The Morgan fingerprint density at radius 1 is 0.938 bits per heavy atom. The van der Waals surface area contributed by atoms with Crippen LogP contribution in [0.4, 0.5) is 0 Å². The quantitative estimate of drug-likeness (QED) is 0.612. The molecule has 0 unspecified atom stereocenters. The zero-order valence-corrected chi connectivity index (χ0v) is 11.7. The second-order valence-corrected chi connectivity index (χ2v) is 5.12. The second kappa shape index (κ2) is 8.04. The lowest BCUT2D eigenvalue weighted by Crippen LogP contribution is -2.47. The summed E-state index contributed by atoms with van der Waals surface area (Å²) in [6.07, 6.45) is 1.07. The minimum absolute atomic E-state index is 0.307. The molecule has 0 aliphatic carbocycles. The molecule has 0 aromatic rings. The average Bonchev–Trinajstić information content (AvgIpc) is 2.17. The molecule has 0 bridgehead atoms. The maximum absolute atomic E-state index is 6.03. The molecule has 0 aromatic heterocycles. The van der Waals surface area contributed by atoms with E-state index in [4.69, 9.17) is 14.2 Å². The fourth-order valence-electron chi connectivity index (χ4n) is 1.61. The van der Waals surface area contributed by atoms with Crippen LogP contribution < -0.4 is 0 Å². The van der Waals surface area contributed by atoms with Gasteiger partial charge in [0.25, 0.3) is 0 Å². The van der Waals surface area contributed by atoms with Crippen molar-refractivity contribution >= 4 is 0 Å². The third-order valence-corrected chi connectivity index (χ3v) is 2.91. The first-order chi connectivity index (χ1) is 7.48. The molecule has 0 radical (unpaired) electrons. The van der Waals surface area contributed by atoms with E-state index in [1.54, 1.807) is 14.2 Å². The van der Waals surface area contributed by atoms with Crippen molar-refractivity contribution in [3.05, 3.63) is 0 Å². The largest absolute Gasteiger partial charge is 0.382 e. The first-order valence-corrected chi connectivity index (χ1v) is 6.10. The van der Waals surface area contributed by atoms with Crippen molar-refractivity contribution in [2.75, 3.05) is 34.0 Å². The first kappa shape index (κ1) is 15.9. The van der Waals surface area contributed by atoms with Crippen molar-refractivity contribution in [2.24, 2.45) is 11.8 Å². The van der Waals surface area contributed by atoms with Crippen molar-refractivity contribution in [3.63, 3.8) is 0 Å². The van der Waals surface area contributed by atoms with Crippen molar-refractivity contribution in [1.29, 1.82) is 0 Å². The lowest BCUT2D eigenvalue weighted by Gasteiger charge is -2.36. The minimum atomic E-state index is -0.307. The number of ether oxygens (including phenoxy) is 3. The van der Waals surface area contributed by atoms with Crippen LogP contribution >= 0.6 is 0 Å². The highest BCUT2D eigenvalue weighted by molar-refractivity contribution is 4.84. The lowest BCUT2D eigenvalue weighted by atomic mass is 9.91. The van der Waals surface area contributed by atoms with E-state index in [-0.39, 0.29) is 5.60 Å². The van der Waals surface area contributed by atoms with Crippen molar-refractivity contribution in [1.82, 2.24) is 0 Å². The van der Waals surface area contributed by atoms with E-state index in [0.29, 0.717) is 25.0 Å². The van der Waals surface area contributed by atoms with Crippen molar-refractivity contribution in [3.8, 4) is 0 Å². The molecule has 0 rings (SSSR count). The van der Waals surface area contributed by atoms with E-state index in [1.807, 2.05) is 0 Å². The van der Waals surface area contributed by atoms with E-state index < -0.39 is 0 Å². The molecular formula is C13H28O3. The highest BCUT2D eigenvalue weighted by Crippen LogP contribution is 2.24. The van der Waals surface area contributed by atoms with E-state index in [2.05, 4.69) is 27.7 Å². The van der Waals surface area contributed by atoms with Crippen LogP contribution in [0.5, 0.6) is 0 Å². The van der Waals surface area contributed by atoms with E-state index in [1.165, 1.54) is 0 Å². The predicted octanol–water partition coefficient (Wildman–Crippen LogP) is 2.74. The Hall–Kier alpha value is -0.120. The van der Waals surface area contributed by atoms with Gasteiger partial charge in [0, 0.05) is 20.8 Å². The third-order valence-electron chi connectivity index (χ3n) is 2.91. The normalized spacial score (nSPS) is 12.8. The van der Waals surface area contributed by atoms with Gasteiger partial charge in [0.05, 0.1) is 13.2 Å². The molecule has 0 spiro atoms. The maximum Gasteiger partial charge on any atom is 0.117 e. The molecule has 0 saturated heterocycles. The van der Waals surface area contributed by atoms with Gasteiger partial charge in [-0.25, -0.2) is 0 Å². The van der Waals surface area contributed by atoms with Crippen LogP contribution in [0.2, 0.25) is 0 Å². The summed E-state index contributed by atoms with van der Waals surface area (Å²) >= 11 is 0. The third kappa shape index (κ3) is 5.28. The van der Waals surface area contributed by atoms with Gasteiger partial charge in [0.1, 0.15) is 5.60 Å². The maximum atomic E-state index is 6.03. The summed E-state index contributed by atoms with van der Waals surface area (Å²) in [6, 6.07) is 0. The molecule has 16 heavy (non-hydrogen) atoms. The second-order valence-electron chi connectivity index (χ2n) is 5.12. The van der Waals surface area contributed by atoms with Crippen LogP contribution in [0.3, 0.4) is 0 Å². The Morgan fingerprint density at radius 2 is 1.44 bits per heavy atom. The Bertz CT molecular complexity index is 161. The molecular weight excluding hydrogens is 204 g/mol. The van der Waals surface area contributed by atoms with Gasteiger partial charge in [0.2, 0.25) is 0 Å². The molecule has 0 atom stereocenters. The van der Waals surface area contributed by atoms with Crippen LogP contribution in [-0.2, 0) is 14.2 Å². The minimum Gasteiger partial charge on any atom is -0.382 e. The van der Waals surface area contributed by atoms with Gasteiger partial charge >= 0.3 is 0 Å². The average molecular weight is 232 g/mol. The monoisotopic (exact) mass is 232 g/mol. The molecule has 3 nitrogen and oxygen atoms in total. The summed E-state index contributed by atoms with van der Waals surface area (Å²) in [5, 5.41) is 0. The molecule has 0 amide bonds. The number of rotatable bonds is 9. The fourth-order valence-corrected chi connectivity index (χ4v) is 1.61. The molecule has 0 N–H and O–H groups in total. The molecule has 0 fully saturated rings. The first-order valence-electron chi connectivity index (χ1n) is 6.10. The number of hydrogen-bond acceptors (Lipinski definition) is 3. The van der Waals surface area contributed by atoms with Crippen molar-refractivity contribution in [2.45, 2.75) is 39.7 Å². The SMILES string of the molecule is COCC(COC)(OCCC(C)C)C(C)C. The van der Waals surface area contributed by atoms with Gasteiger partial charge in [0.15, 0.2) is 0 Å². The molecule has 0 saturated carbocycles. The zero-order chi connectivity index (χ0) is 12.6. The topological polar surface area (TPSA) is 27.7 Å². The van der Waals surface area contributed by atoms with Gasteiger partial charge in [-0.15, -0.1) is 0 Å². The zero-order valence-electron chi connectivity index (χ0n) is 11.7. The molecule has 0 aromatic carbocycles. The summed E-state index contributed by atoms with van der Waals surface area (Å²) in [5.74, 6) is 1.04. The summed E-state index contributed by atoms with van der Waals surface area (Å²) in [5.41, 5.74) is -0.307. The Kier molecular flexibility index (Phi) is 7.98.